The van der Waals surface area contributed by atoms with Crippen LogP contribution in [0.4, 0.5) is 0 Å². The molecule has 0 radical (unpaired) electrons. The van der Waals surface area contributed by atoms with Crippen molar-refractivity contribution in [2.75, 3.05) is 12.3 Å². The molecule has 11 heteroatoms. The molecule has 2 rings (SSSR count). The van der Waals surface area contributed by atoms with Gasteiger partial charge in [0.25, 0.3) is 5.91 Å². The number of thiophene rings is 1. The van der Waals surface area contributed by atoms with Gasteiger partial charge in [-0.15, -0.1) is 16.4 Å². The van der Waals surface area contributed by atoms with Crippen molar-refractivity contribution in [3.8, 4) is 0 Å². The van der Waals surface area contributed by atoms with E-state index in [4.69, 9.17) is 5.14 Å². The highest BCUT2D eigenvalue weighted by Crippen LogP contribution is 2.20. The van der Waals surface area contributed by atoms with Crippen LogP contribution in [0.15, 0.2) is 21.5 Å². The average Bonchev–Trinajstić information content (AvgIpc) is 3.02. The monoisotopic (exact) mass is 347 g/mol. The number of primary sulfonamides is 1. The molecule has 0 aliphatic carbocycles. The van der Waals surface area contributed by atoms with Gasteiger partial charge in [0.2, 0.25) is 15.2 Å². The Morgan fingerprint density at radius 2 is 2.33 bits per heavy atom. The normalized spacial score (nSPS) is 11.5. The number of H-pyrrole nitrogens is 1. The summed E-state index contributed by atoms with van der Waals surface area (Å²) in [5.41, 5.74) is 0. The lowest BCUT2D eigenvalue weighted by atomic mass is 10.4. The SMILES string of the molecule is Cc1nc(SCCNC(=O)c2sccc2S(N)(=O)=O)n[nH]1. The van der Waals surface area contributed by atoms with Gasteiger partial charge in [-0.05, 0) is 18.4 Å². The first-order valence-corrected chi connectivity index (χ1v) is 9.19. The van der Waals surface area contributed by atoms with E-state index in [2.05, 4.69) is 20.5 Å². The smallest absolute Gasteiger partial charge is 0.262 e. The summed E-state index contributed by atoms with van der Waals surface area (Å²) in [6, 6.07) is 1.32. The van der Waals surface area contributed by atoms with Gasteiger partial charge >= 0.3 is 0 Å². The number of carbonyl (C=O) groups excluding carboxylic acids is 1. The lowest BCUT2D eigenvalue weighted by molar-refractivity contribution is 0.0957. The molecule has 0 atom stereocenters. The fourth-order valence-electron chi connectivity index (χ4n) is 1.46. The third-order valence-corrected chi connectivity index (χ3v) is 5.18. The van der Waals surface area contributed by atoms with E-state index in [1.54, 1.807) is 6.92 Å². The molecule has 0 saturated carbocycles. The van der Waals surface area contributed by atoms with Gasteiger partial charge in [-0.25, -0.2) is 18.5 Å². The van der Waals surface area contributed by atoms with Crippen molar-refractivity contribution in [2.45, 2.75) is 17.0 Å². The number of aromatic amines is 1. The Labute approximate surface area is 129 Å². The third kappa shape index (κ3) is 4.27. The topological polar surface area (TPSA) is 131 Å². The minimum absolute atomic E-state index is 0.0937. The molecule has 0 saturated heterocycles. The number of sulfonamides is 1. The molecule has 2 aromatic heterocycles. The van der Waals surface area contributed by atoms with Crippen molar-refractivity contribution in [3.05, 3.63) is 22.1 Å². The lowest BCUT2D eigenvalue weighted by Crippen LogP contribution is -2.27. The maximum Gasteiger partial charge on any atom is 0.262 e. The number of carbonyl (C=O) groups is 1. The highest BCUT2D eigenvalue weighted by Gasteiger charge is 2.20. The van der Waals surface area contributed by atoms with Crippen molar-refractivity contribution < 1.29 is 13.2 Å². The summed E-state index contributed by atoms with van der Waals surface area (Å²) in [7, 11) is -3.89. The number of aryl methyl sites for hydroxylation is 1. The van der Waals surface area contributed by atoms with Crippen molar-refractivity contribution in [2.24, 2.45) is 5.14 Å². The first-order chi connectivity index (χ1) is 9.88. The number of thioether (sulfide) groups is 1. The van der Waals surface area contributed by atoms with Crippen LogP contribution in [-0.2, 0) is 10.0 Å². The quantitative estimate of drug-likeness (QED) is 0.510. The molecule has 21 heavy (non-hydrogen) atoms. The number of nitrogens with two attached hydrogens (primary N) is 1. The van der Waals surface area contributed by atoms with E-state index in [0.717, 1.165) is 17.2 Å². The van der Waals surface area contributed by atoms with E-state index in [1.165, 1.54) is 23.2 Å². The molecule has 114 valence electrons. The molecule has 0 aliphatic heterocycles. The van der Waals surface area contributed by atoms with E-state index >= 15 is 0 Å². The van der Waals surface area contributed by atoms with Crippen LogP contribution in [0.2, 0.25) is 0 Å². The molecule has 0 aliphatic rings. The second kappa shape index (κ2) is 6.56. The number of hydrogen-bond acceptors (Lipinski definition) is 7. The second-order valence-corrected chi connectivity index (χ2v) is 7.47. The van der Waals surface area contributed by atoms with Crippen LogP contribution in [0.25, 0.3) is 0 Å². The average molecular weight is 347 g/mol. The zero-order chi connectivity index (χ0) is 15.5. The Morgan fingerprint density at radius 3 is 2.95 bits per heavy atom. The number of nitrogens with zero attached hydrogens (tertiary/aromatic N) is 2. The lowest BCUT2D eigenvalue weighted by Gasteiger charge is -2.04. The van der Waals surface area contributed by atoms with Gasteiger partial charge in [-0.1, -0.05) is 11.8 Å². The molecule has 2 heterocycles. The predicted octanol–water partition coefficient (Wildman–Crippen LogP) is 0.344. The Morgan fingerprint density at radius 1 is 1.57 bits per heavy atom. The van der Waals surface area contributed by atoms with Gasteiger partial charge in [0, 0.05) is 12.3 Å². The van der Waals surface area contributed by atoms with Gasteiger partial charge < -0.3 is 5.32 Å². The summed E-state index contributed by atoms with van der Waals surface area (Å²) >= 11 is 2.42. The largest absolute Gasteiger partial charge is 0.350 e. The molecule has 0 fully saturated rings. The van der Waals surface area contributed by atoms with Crippen LogP contribution < -0.4 is 10.5 Å². The van der Waals surface area contributed by atoms with Gasteiger partial charge in [-0.2, -0.15) is 0 Å². The first-order valence-electron chi connectivity index (χ1n) is 5.78. The van der Waals surface area contributed by atoms with Crippen LogP contribution in [0.1, 0.15) is 15.5 Å². The number of hydrogen-bond donors (Lipinski definition) is 3. The zero-order valence-electron chi connectivity index (χ0n) is 11.0. The molecule has 0 unspecified atom stereocenters. The Hall–Kier alpha value is -1.43. The summed E-state index contributed by atoms with van der Waals surface area (Å²) in [5, 5.41) is 16.5. The molecule has 0 spiro atoms. The Balaban J connectivity index is 1.87. The van der Waals surface area contributed by atoms with Crippen LogP contribution in [0.5, 0.6) is 0 Å². The van der Waals surface area contributed by atoms with E-state index in [1.807, 2.05) is 0 Å². The van der Waals surface area contributed by atoms with Gasteiger partial charge in [0.15, 0.2) is 0 Å². The second-order valence-electron chi connectivity index (χ2n) is 3.97. The van der Waals surface area contributed by atoms with E-state index in [9.17, 15) is 13.2 Å². The third-order valence-electron chi connectivity index (χ3n) is 2.34. The number of aromatic nitrogens is 3. The minimum Gasteiger partial charge on any atom is -0.350 e. The summed E-state index contributed by atoms with van der Waals surface area (Å²) < 4.78 is 22.6. The minimum atomic E-state index is -3.89. The van der Waals surface area contributed by atoms with Gasteiger partial charge in [0.1, 0.15) is 15.6 Å². The molecular weight excluding hydrogens is 334 g/mol. The van der Waals surface area contributed by atoms with Crippen molar-refractivity contribution in [1.29, 1.82) is 0 Å². The Bertz CT molecular complexity index is 737. The first kappa shape index (κ1) is 15.9. The fraction of sp³-hybridized carbons (Fsp3) is 0.300. The van der Waals surface area contributed by atoms with Crippen molar-refractivity contribution in [1.82, 2.24) is 20.5 Å². The van der Waals surface area contributed by atoms with E-state index in [-0.39, 0.29) is 9.77 Å². The maximum absolute atomic E-state index is 11.9. The highest BCUT2D eigenvalue weighted by molar-refractivity contribution is 7.99. The van der Waals surface area contributed by atoms with Gasteiger partial charge in [-0.3, -0.25) is 9.89 Å². The summed E-state index contributed by atoms with van der Waals surface area (Å²) in [6.45, 7) is 2.16. The highest BCUT2D eigenvalue weighted by atomic mass is 32.2. The van der Waals surface area contributed by atoms with E-state index < -0.39 is 15.9 Å². The fourth-order valence-corrected chi connectivity index (χ4v) is 4.05. The molecule has 1 amide bonds. The number of amides is 1. The Kier molecular flexibility index (Phi) is 4.98. The summed E-state index contributed by atoms with van der Waals surface area (Å²) in [6.07, 6.45) is 0. The zero-order valence-corrected chi connectivity index (χ0v) is 13.4. The van der Waals surface area contributed by atoms with Crippen LogP contribution >= 0.6 is 23.1 Å². The molecule has 2 aromatic rings. The number of nitrogens with one attached hydrogen (secondary N) is 2. The van der Waals surface area contributed by atoms with Gasteiger partial charge in [0.05, 0.1) is 0 Å². The predicted molar refractivity (Wildman–Crippen MR) is 79.9 cm³/mol. The van der Waals surface area contributed by atoms with Crippen molar-refractivity contribution in [3.63, 3.8) is 0 Å². The number of rotatable bonds is 6. The standard InChI is InChI=1S/C10H13N5O3S3/c1-6-13-10(15-14-6)20-5-3-12-9(16)8-7(2-4-19-8)21(11,17)18/h2,4H,3,5H2,1H3,(H,12,16)(H2,11,17,18)(H,13,14,15). The molecule has 4 N–H and O–H groups in total. The van der Waals surface area contributed by atoms with Crippen LogP contribution in [0, 0.1) is 6.92 Å². The summed E-state index contributed by atoms with van der Waals surface area (Å²) in [4.78, 5) is 16.0. The molecule has 0 aromatic carbocycles. The maximum atomic E-state index is 11.9. The van der Waals surface area contributed by atoms with E-state index in [0.29, 0.717) is 17.5 Å². The van der Waals surface area contributed by atoms with Crippen LogP contribution in [-0.4, -0.2) is 41.8 Å². The summed E-state index contributed by atoms with van der Waals surface area (Å²) in [5.74, 6) is 0.831. The molecule has 8 nitrogen and oxygen atoms in total. The molecule has 0 bridgehead atoms. The van der Waals surface area contributed by atoms with Crippen molar-refractivity contribution >= 4 is 39.0 Å². The van der Waals surface area contributed by atoms with Crippen LogP contribution in [0.3, 0.4) is 0 Å². The molecular formula is C10H13N5O3S3.